The van der Waals surface area contributed by atoms with Crippen LogP contribution in [0.25, 0.3) is 0 Å². The molecule has 0 radical (unpaired) electrons. The van der Waals surface area contributed by atoms with Gasteiger partial charge in [0.25, 0.3) is 0 Å². The van der Waals surface area contributed by atoms with E-state index in [1.165, 1.54) is 0 Å². The van der Waals surface area contributed by atoms with Crippen LogP contribution < -0.4 is 0 Å². The van der Waals surface area contributed by atoms with Crippen molar-refractivity contribution < 1.29 is 13.5 Å². The maximum Gasteiger partial charge on any atom is 0.152 e. The first-order chi connectivity index (χ1) is 6.94. The van der Waals surface area contributed by atoms with Crippen molar-refractivity contribution in [2.24, 2.45) is 0 Å². The van der Waals surface area contributed by atoms with Gasteiger partial charge in [-0.3, -0.25) is 0 Å². The summed E-state index contributed by atoms with van der Waals surface area (Å²) < 4.78 is 23.5. The fourth-order valence-electron chi connectivity index (χ4n) is 1.14. The fourth-order valence-corrected chi connectivity index (χ4v) is 2.31. The summed E-state index contributed by atoms with van der Waals surface area (Å²) in [6.45, 7) is 1.57. The quantitative estimate of drug-likeness (QED) is 0.922. The van der Waals surface area contributed by atoms with Crippen LogP contribution >= 0.6 is 15.9 Å². The Morgan fingerprint density at radius 2 is 1.87 bits per heavy atom. The van der Waals surface area contributed by atoms with Crippen LogP contribution in [-0.2, 0) is 9.84 Å². The second-order valence-corrected chi connectivity index (χ2v) is 6.58. The normalized spacial score (nSPS) is 13.8. The predicted octanol–water partition coefficient (Wildman–Crippen LogP) is 1.92. The molecule has 0 amide bonds. The Bertz CT molecular complexity index is 411. The molecule has 1 rings (SSSR count). The lowest BCUT2D eigenvalue weighted by Gasteiger charge is -2.10. The minimum atomic E-state index is -3.14. The number of sulfone groups is 1. The second-order valence-electron chi connectivity index (χ2n) is 3.27. The van der Waals surface area contributed by atoms with Crippen LogP contribution in [0.4, 0.5) is 0 Å². The molecule has 0 fully saturated rings. The molecule has 0 spiro atoms. The summed E-state index contributed by atoms with van der Waals surface area (Å²) in [6, 6.07) is 6.97. The molecule has 0 heterocycles. The van der Waals surface area contributed by atoms with E-state index in [1.54, 1.807) is 31.2 Å². The summed E-state index contributed by atoms with van der Waals surface area (Å²) in [5.41, 5.74) is 0.621. The van der Waals surface area contributed by atoms with Gasteiger partial charge in [-0.25, -0.2) is 8.42 Å². The maximum atomic E-state index is 11.3. The molecule has 3 nitrogen and oxygen atoms in total. The highest BCUT2D eigenvalue weighted by molar-refractivity contribution is 9.10. The van der Waals surface area contributed by atoms with E-state index in [2.05, 4.69) is 15.9 Å². The molecule has 15 heavy (non-hydrogen) atoms. The van der Waals surface area contributed by atoms with Crippen LogP contribution in [0.1, 0.15) is 18.6 Å². The highest BCUT2D eigenvalue weighted by atomic mass is 79.9. The fraction of sp³-hybridized carbons (Fsp3) is 0.400. The number of aliphatic hydroxyl groups is 1. The summed E-state index contributed by atoms with van der Waals surface area (Å²) in [6.07, 6.45) is -0.942. The lowest BCUT2D eigenvalue weighted by molar-refractivity contribution is 0.201. The third-order valence-electron chi connectivity index (χ3n) is 2.11. The minimum absolute atomic E-state index is 0.0561. The van der Waals surface area contributed by atoms with E-state index < -0.39 is 15.9 Å². The standard InChI is InChI=1S/C10H13BrO3S/c1-2-15(13,14)7-10(12)8-3-5-9(11)6-4-8/h3-6,10,12H,2,7H2,1H3/t10-/m0/s1. The Labute approximate surface area is 98.2 Å². The summed E-state index contributed by atoms with van der Waals surface area (Å²) in [7, 11) is -3.14. The van der Waals surface area contributed by atoms with E-state index in [-0.39, 0.29) is 11.5 Å². The maximum absolute atomic E-state index is 11.3. The van der Waals surface area contributed by atoms with Crippen molar-refractivity contribution in [2.75, 3.05) is 11.5 Å². The smallest absolute Gasteiger partial charge is 0.152 e. The third kappa shape index (κ3) is 3.93. The average molecular weight is 293 g/mol. The lowest BCUT2D eigenvalue weighted by atomic mass is 10.1. The SMILES string of the molecule is CCS(=O)(=O)C[C@H](O)c1ccc(Br)cc1. The van der Waals surface area contributed by atoms with Gasteiger partial charge in [-0.05, 0) is 17.7 Å². The molecule has 1 aromatic carbocycles. The van der Waals surface area contributed by atoms with Crippen LogP contribution in [0, 0.1) is 0 Å². The summed E-state index contributed by atoms with van der Waals surface area (Å²) >= 11 is 3.27. The number of benzene rings is 1. The van der Waals surface area contributed by atoms with E-state index in [0.29, 0.717) is 5.56 Å². The molecule has 1 atom stereocenters. The van der Waals surface area contributed by atoms with Gasteiger partial charge < -0.3 is 5.11 Å². The van der Waals surface area contributed by atoms with Gasteiger partial charge in [-0.15, -0.1) is 0 Å². The van der Waals surface area contributed by atoms with Gasteiger partial charge >= 0.3 is 0 Å². The number of hydrogen-bond donors (Lipinski definition) is 1. The zero-order chi connectivity index (χ0) is 11.5. The molecule has 0 aliphatic carbocycles. The predicted molar refractivity (Wildman–Crippen MR) is 63.4 cm³/mol. The van der Waals surface area contributed by atoms with Crippen LogP contribution in [0.5, 0.6) is 0 Å². The van der Waals surface area contributed by atoms with Gasteiger partial charge in [0.2, 0.25) is 0 Å². The van der Waals surface area contributed by atoms with E-state index in [4.69, 9.17) is 0 Å². The third-order valence-corrected chi connectivity index (χ3v) is 4.34. The number of rotatable bonds is 4. The van der Waals surface area contributed by atoms with Crippen LogP contribution in [0.2, 0.25) is 0 Å². The van der Waals surface area contributed by atoms with E-state index >= 15 is 0 Å². The Balaban J connectivity index is 2.78. The Kier molecular flexibility index (Phi) is 4.31. The zero-order valence-electron chi connectivity index (χ0n) is 8.35. The van der Waals surface area contributed by atoms with Crippen molar-refractivity contribution in [3.63, 3.8) is 0 Å². The van der Waals surface area contributed by atoms with E-state index in [1.807, 2.05) is 0 Å². The molecule has 0 aliphatic rings. The Morgan fingerprint density at radius 3 is 2.33 bits per heavy atom. The Hall–Kier alpha value is -0.390. The Morgan fingerprint density at radius 1 is 1.33 bits per heavy atom. The molecule has 0 unspecified atom stereocenters. The van der Waals surface area contributed by atoms with Crippen molar-refractivity contribution in [3.8, 4) is 0 Å². The molecular formula is C10H13BrO3S. The highest BCUT2D eigenvalue weighted by Crippen LogP contribution is 2.18. The van der Waals surface area contributed by atoms with Crippen molar-refractivity contribution >= 4 is 25.8 Å². The van der Waals surface area contributed by atoms with Gasteiger partial charge in [0.1, 0.15) is 0 Å². The molecular weight excluding hydrogens is 280 g/mol. The largest absolute Gasteiger partial charge is 0.387 e. The molecule has 1 aromatic rings. The lowest BCUT2D eigenvalue weighted by Crippen LogP contribution is -2.16. The van der Waals surface area contributed by atoms with Crippen molar-refractivity contribution in [1.82, 2.24) is 0 Å². The minimum Gasteiger partial charge on any atom is -0.387 e. The van der Waals surface area contributed by atoms with E-state index in [0.717, 1.165) is 4.47 Å². The molecule has 0 aliphatic heterocycles. The summed E-state index contributed by atoms with van der Waals surface area (Å²) in [5, 5.41) is 9.68. The number of aliphatic hydroxyl groups excluding tert-OH is 1. The monoisotopic (exact) mass is 292 g/mol. The van der Waals surface area contributed by atoms with Crippen molar-refractivity contribution in [2.45, 2.75) is 13.0 Å². The molecule has 0 aromatic heterocycles. The van der Waals surface area contributed by atoms with Gasteiger partial charge in [0.15, 0.2) is 9.84 Å². The zero-order valence-corrected chi connectivity index (χ0v) is 10.8. The molecule has 0 saturated carbocycles. The van der Waals surface area contributed by atoms with Crippen molar-refractivity contribution in [1.29, 1.82) is 0 Å². The van der Waals surface area contributed by atoms with Crippen LogP contribution in [0.15, 0.2) is 28.7 Å². The number of hydrogen-bond acceptors (Lipinski definition) is 3. The topological polar surface area (TPSA) is 54.4 Å². The van der Waals surface area contributed by atoms with Crippen LogP contribution in [-0.4, -0.2) is 25.0 Å². The molecule has 84 valence electrons. The van der Waals surface area contributed by atoms with Gasteiger partial charge in [-0.2, -0.15) is 0 Å². The first-order valence-electron chi connectivity index (χ1n) is 4.58. The summed E-state index contributed by atoms with van der Waals surface area (Å²) in [5.74, 6) is -0.161. The van der Waals surface area contributed by atoms with Crippen LogP contribution in [0.3, 0.4) is 0 Å². The van der Waals surface area contributed by atoms with E-state index in [9.17, 15) is 13.5 Å². The first-order valence-corrected chi connectivity index (χ1v) is 7.20. The van der Waals surface area contributed by atoms with Gasteiger partial charge in [0, 0.05) is 10.2 Å². The highest BCUT2D eigenvalue weighted by Gasteiger charge is 2.16. The number of halogens is 1. The van der Waals surface area contributed by atoms with Crippen molar-refractivity contribution in [3.05, 3.63) is 34.3 Å². The molecule has 0 bridgehead atoms. The molecule has 5 heteroatoms. The molecule has 1 N–H and O–H groups in total. The van der Waals surface area contributed by atoms with Gasteiger partial charge in [0.05, 0.1) is 11.9 Å². The summed E-state index contributed by atoms with van der Waals surface area (Å²) in [4.78, 5) is 0. The molecule has 0 saturated heterocycles. The average Bonchev–Trinajstić information content (AvgIpc) is 2.18. The second kappa shape index (κ2) is 5.09. The first kappa shape index (κ1) is 12.7. The van der Waals surface area contributed by atoms with Gasteiger partial charge in [-0.1, -0.05) is 35.0 Å².